The summed E-state index contributed by atoms with van der Waals surface area (Å²) in [5, 5.41) is 10.2. The maximum Gasteiger partial charge on any atom is 0.239 e. The molecule has 3 amide bonds. The highest BCUT2D eigenvalue weighted by Gasteiger charge is 2.33. The van der Waals surface area contributed by atoms with E-state index in [2.05, 4.69) is 80.9 Å². The molecular weight excluding hydrogens is 590 g/mol. The van der Waals surface area contributed by atoms with Crippen LogP contribution in [0.3, 0.4) is 0 Å². The van der Waals surface area contributed by atoms with Gasteiger partial charge < -0.3 is 20.3 Å². The quantitative estimate of drug-likeness (QED) is 0.256. The van der Waals surface area contributed by atoms with Crippen molar-refractivity contribution in [1.82, 2.24) is 20.4 Å². The maximum absolute atomic E-state index is 14.4. The predicted octanol–water partition coefficient (Wildman–Crippen LogP) is 6.32. The van der Waals surface area contributed by atoms with Gasteiger partial charge in [0.05, 0.1) is 25.9 Å². The van der Waals surface area contributed by atoms with Gasteiger partial charge in [-0.1, -0.05) is 24.3 Å². The number of amides is 3. The molecule has 47 heavy (non-hydrogen) atoms. The SMILES string of the molecule is COc1ccc([C@H]2CC[C@H](CN(c3cccc(-c4cnn(C5CC5)c4)c3)C(=O)[C@H]3CC[C@H](NC(=O)CNC(C)=O)CC3)CC2)cc1C. The molecule has 6 rings (SSSR count). The van der Waals surface area contributed by atoms with Crippen molar-refractivity contribution >= 4 is 23.4 Å². The Balaban J connectivity index is 1.14. The van der Waals surface area contributed by atoms with Crippen molar-refractivity contribution in [3.63, 3.8) is 0 Å². The summed E-state index contributed by atoms with van der Waals surface area (Å²) in [4.78, 5) is 39.9. The molecule has 0 saturated heterocycles. The summed E-state index contributed by atoms with van der Waals surface area (Å²) in [6, 6.07) is 15.5. The largest absolute Gasteiger partial charge is 0.496 e. The molecule has 250 valence electrons. The number of rotatable bonds is 11. The van der Waals surface area contributed by atoms with Crippen molar-refractivity contribution in [2.75, 3.05) is 25.1 Å². The molecule has 3 aromatic rings. The molecule has 1 aromatic heterocycles. The molecule has 0 radical (unpaired) electrons. The Kier molecular flexibility index (Phi) is 10.3. The van der Waals surface area contributed by atoms with Crippen LogP contribution in [0, 0.1) is 18.8 Å². The minimum absolute atomic E-state index is 0.0157. The van der Waals surface area contributed by atoms with E-state index in [9.17, 15) is 14.4 Å². The fourth-order valence-corrected chi connectivity index (χ4v) is 7.48. The number of hydrogen-bond donors (Lipinski definition) is 2. The summed E-state index contributed by atoms with van der Waals surface area (Å²) in [5.41, 5.74) is 5.67. The first-order chi connectivity index (χ1) is 22.8. The third kappa shape index (κ3) is 8.24. The van der Waals surface area contributed by atoms with Crippen molar-refractivity contribution in [2.24, 2.45) is 11.8 Å². The van der Waals surface area contributed by atoms with E-state index in [1.807, 2.05) is 6.20 Å². The lowest BCUT2D eigenvalue weighted by molar-refractivity contribution is -0.126. The summed E-state index contributed by atoms with van der Waals surface area (Å²) in [5.74, 6) is 1.59. The van der Waals surface area contributed by atoms with E-state index < -0.39 is 0 Å². The van der Waals surface area contributed by atoms with Gasteiger partial charge in [-0.05, 0) is 118 Å². The van der Waals surface area contributed by atoms with E-state index in [0.717, 1.165) is 73.9 Å². The zero-order valence-electron chi connectivity index (χ0n) is 28.0. The normalized spacial score (nSPS) is 22.7. The molecule has 1 heterocycles. The van der Waals surface area contributed by atoms with E-state index >= 15 is 0 Å². The molecule has 3 aliphatic carbocycles. The third-order valence-corrected chi connectivity index (χ3v) is 10.4. The lowest BCUT2D eigenvalue weighted by Gasteiger charge is -2.36. The zero-order chi connectivity index (χ0) is 32.9. The van der Waals surface area contributed by atoms with Crippen molar-refractivity contribution in [3.8, 4) is 16.9 Å². The molecule has 0 bridgehead atoms. The highest BCUT2D eigenvalue weighted by atomic mass is 16.5. The first kappa shape index (κ1) is 32.8. The number of anilines is 1. The second-order valence-electron chi connectivity index (χ2n) is 13.9. The molecule has 0 unspecified atom stereocenters. The topological polar surface area (TPSA) is 106 Å². The smallest absolute Gasteiger partial charge is 0.239 e. The minimum Gasteiger partial charge on any atom is -0.496 e. The number of nitrogens with one attached hydrogen (secondary N) is 2. The van der Waals surface area contributed by atoms with Crippen molar-refractivity contribution < 1.29 is 19.1 Å². The number of aryl methyl sites for hydroxylation is 1. The van der Waals surface area contributed by atoms with Crippen LogP contribution in [0.1, 0.15) is 94.2 Å². The lowest BCUT2D eigenvalue weighted by Crippen LogP contribution is -2.46. The number of aromatic nitrogens is 2. The first-order valence-electron chi connectivity index (χ1n) is 17.4. The number of methoxy groups -OCH3 is 1. The van der Waals surface area contributed by atoms with Crippen LogP contribution in [0.5, 0.6) is 5.75 Å². The van der Waals surface area contributed by atoms with Gasteiger partial charge in [-0.2, -0.15) is 5.10 Å². The summed E-state index contributed by atoms with van der Waals surface area (Å²) in [7, 11) is 1.72. The summed E-state index contributed by atoms with van der Waals surface area (Å²) in [6.45, 7) is 4.21. The van der Waals surface area contributed by atoms with Gasteiger partial charge in [-0.25, -0.2) is 0 Å². The number of benzene rings is 2. The van der Waals surface area contributed by atoms with Crippen molar-refractivity contribution in [3.05, 3.63) is 66.0 Å². The van der Waals surface area contributed by atoms with Crippen molar-refractivity contribution in [2.45, 2.75) is 96.1 Å². The van der Waals surface area contributed by atoms with Crippen LogP contribution in [0.25, 0.3) is 11.1 Å². The Morgan fingerprint density at radius 2 is 1.70 bits per heavy atom. The highest BCUT2D eigenvalue weighted by molar-refractivity contribution is 5.96. The standard InChI is InChI=1S/C38H49N5O4/c1-25-19-31(13-18-36(25)47-3)28-9-7-27(8-10-28)23-42(35-6-4-5-30(20-35)32-21-40-43(24-32)34-16-17-34)38(46)29-11-14-33(15-12-29)41-37(45)22-39-26(2)44/h4-6,13,18-21,24,27-29,33-34H,7-12,14-17,22-23H2,1-3H3,(H,39,44)(H,41,45)/t27-,28-,29-,33-. The van der Waals surface area contributed by atoms with Crippen LogP contribution in [-0.4, -0.2) is 53.7 Å². The average Bonchev–Trinajstić information content (AvgIpc) is 3.82. The molecular formula is C38H49N5O4. The Bertz CT molecular complexity index is 1560. The molecule has 0 spiro atoms. The lowest BCUT2D eigenvalue weighted by atomic mass is 9.78. The van der Waals surface area contributed by atoms with Gasteiger partial charge in [0, 0.05) is 42.9 Å². The average molecular weight is 640 g/mol. The molecule has 9 heteroatoms. The molecule has 2 aromatic carbocycles. The Labute approximate surface area is 278 Å². The fourth-order valence-electron chi connectivity index (χ4n) is 7.48. The van der Waals surface area contributed by atoms with E-state index in [4.69, 9.17) is 4.74 Å². The monoisotopic (exact) mass is 639 g/mol. The van der Waals surface area contributed by atoms with Crippen LogP contribution >= 0.6 is 0 Å². The Hall–Kier alpha value is -4.14. The summed E-state index contributed by atoms with van der Waals surface area (Å²) >= 11 is 0. The molecule has 2 N–H and O–H groups in total. The van der Waals surface area contributed by atoms with Gasteiger partial charge in [-0.15, -0.1) is 0 Å². The van der Waals surface area contributed by atoms with E-state index in [0.29, 0.717) is 24.4 Å². The second kappa shape index (κ2) is 14.7. The Morgan fingerprint density at radius 1 is 0.936 bits per heavy atom. The first-order valence-corrected chi connectivity index (χ1v) is 17.4. The van der Waals surface area contributed by atoms with E-state index in [1.165, 1.54) is 30.9 Å². The number of carbonyl (C=O) groups is 3. The number of hydrogen-bond acceptors (Lipinski definition) is 5. The van der Waals surface area contributed by atoms with Crippen molar-refractivity contribution in [1.29, 1.82) is 0 Å². The van der Waals surface area contributed by atoms with Crippen LogP contribution in [0.15, 0.2) is 54.9 Å². The van der Waals surface area contributed by atoms with Crippen LogP contribution in [-0.2, 0) is 14.4 Å². The molecule has 9 nitrogen and oxygen atoms in total. The predicted molar refractivity (Wildman–Crippen MR) is 183 cm³/mol. The van der Waals surface area contributed by atoms with Gasteiger partial charge in [0.1, 0.15) is 5.75 Å². The molecule has 3 aliphatic rings. The number of carbonyl (C=O) groups excluding carboxylic acids is 3. The van der Waals surface area contributed by atoms with Crippen LogP contribution in [0.2, 0.25) is 0 Å². The zero-order valence-corrected chi connectivity index (χ0v) is 28.0. The maximum atomic E-state index is 14.4. The molecule has 3 fully saturated rings. The summed E-state index contributed by atoms with van der Waals surface area (Å²) in [6.07, 6.45) is 13.8. The fraction of sp³-hybridized carbons (Fsp3) is 0.526. The second-order valence-corrected chi connectivity index (χ2v) is 13.9. The molecule has 3 saturated carbocycles. The summed E-state index contributed by atoms with van der Waals surface area (Å²) < 4.78 is 7.55. The minimum atomic E-state index is -0.223. The van der Waals surface area contributed by atoms with E-state index in [1.54, 1.807) is 7.11 Å². The van der Waals surface area contributed by atoms with Gasteiger partial charge in [0.2, 0.25) is 17.7 Å². The van der Waals surface area contributed by atoms with Gasteiger partial charge in [0.15, 0.2) is 0 Å². The van der Waals surface area contributed by atoms with E-state index in [-0.39, 0.29) is 36.2 Å². The van der Waals surface area contributed by atoms with Gasteiger partial charge in [-0.3, -0.25) is 19.1 Å². The number of ether oxygens (including phenoxy) is 1. The van der Waals surface area contributed by atoms with Crippen LogP contribution < -0.4 is 20.3 Å². The van der Waals surface area contributed by atoms with Crippen LogP contribution in [0.4, 0.5) is 5.69 Å². The van der Waals surface area contributed by atoms with Gasteiger partial charge in [0.25, 0.3) is 0 Å². The highest BCUT2D eigenvalue weighted by Crippen LogP contribution is 2.39. The molecule has 0 atom stereocenters. The molecule has 0 aliphatic heterocycles. The number of nitrogens with zero attached hydrogens (tertiary/aromatic N) is 3. The third-order valence-electron chi connectivity index (χ3n) is 10.4. The Morgan fingerprint density at radius 3 is 2.38 bits per heavy atom. The van der Waals surface area contributed by atoms with Gasteiger partial charge >= 0.3 is 0 Å².